The Hall–Kier alpha value is -3.19. The van der Waals surface area contributed by atoms with Crippen molar-refractivity contribution in [3.8, 4) is 0 Å². The van der Waals surface area contributed by atoms with E-state index >= 15 is 0 Å². The van der Waals surface area contributed by atoms with Crippen LogP contribution in [0.5, 0.6) is 0 Å². The van der Waals surface area contributed by atoms with Crippen LogP contribution in [0.15, 0.2) is 54.6 Å². The molecular weight excluding hydrogens is 470 g/mol. The number of anilines is 1. The summed E-state index contributed by atoms with van der Waals surface area (Å²) in [5.74, 6) is 0.311. The normalized spacial score (nSPS) is 12.9. The topological polar surface area (TPSA) is 154 Å². The first kappa shape index (κ1) is 26.4. The molecule has 0 aliphatic carbocycles. The van der Waals surface area contributed by atoms with E-state index in [2.05, 4.69) is 25.6 Å². The van der Waals surface area contributed by atoms with Crippen LogP contribution in [0.3, 0.4) is 0 Å². The Labute approximate surface area is 205 Å². The van der Waals surface area contributed by atoms with Crippen molar-refractivity contribution in [3.05, 3.63) is 71.5 Å². The molecule has 0 fully saturated rings. The molecule has 0 spiro atoms. The monoisotopic (exact) mass is 501 g/mol. The van der Waals surface area contributed by atoms with Gasteiger partial charge in [0.1, 0.15) is 0 Å². The van der Waals surface area contributed by atoms with Gasteiger partial charge in [-0.15, -0.1) is 5.10 Å². The van der Waals surface area contributed by atoms with Crippen LogP contribution in [0.25, 0.3) is 0 Å². The quantitative estimate of drug-likeness (QED) is 0.314. The smallest absolute Gasteiger partial charge is 0.229 e. The maximum Gasteiger partial charge on any atom is 0.229 e. The summed E-state index contributed by atoms with van der Waals surface area (Å²) in [5, 5.41) is 15.2. The number of benzene rings is 2. The molecule has 0 aliphatic rings. The molecule has 0 radical (unpaired) electrons. The van der Waals surface area contributed by atoms with Crippen LogP contribution in [0.4, 0.5) is 5.69 Å². The fourth-order valence-corrected chi connectivity index (χ4v) is 3.79. The summed E-state index contributed by atoms with van der Waals surface area (Å²) in [6, 6.07) is 16.2. The Balaban J connectivity index is 1.76. The highest BCUT2D eigenvalue weighted by molar-refractivity contribution is 7.92. The summed E-state index contributed by atoms with van der Waals surface area (Å²) < 4.78 is 33.1. The molecule has 0 saturated heterocycles. The van der Waals surface area contributed by atoms with Gasteiger partial charge < -0.3 is 10.5 Å². The van der Waals surface area contributed by atoms with Crippen LogP contribution in [-0.4, -0.2) is 59.4 Å². The zero-order valence-electron chi connectivity index (χ0n) is 20.0. The van der Waals surface area contributed by atoms with E-state index in [0.717, 1.165) is 17.4 Å². The fraction of sp³-hybridized carbons (Fsp3) is 0.391. The lowest BCUT2D eigenvalue weighted by Crippen LogP contribution is -2.47. The predicted molar refractivity (Wildman–Crippen MR) is 132 cm³/mol. The first-order valence-electron chi connectivity index (χ1n) is 11.0. The van der Waals surface area contributed by atoms with E-state index in [9.17, 15) is 13.2 Å². The van der Waals surface area contributed by atoms with Crippen molar-refractivity contribution in [1.29, 1.82) is 0 Å². The molecule has 1 heterocycles. The van der Waals surface area contributed by atoms with Gasteiger partial charge in [0.2, 0.25) is 10.0 Å². The number of nitrogens with two attached hydrogens (primary N) is 1. The van der Waals surface area contributed by atoms with Crippen molar-refractivity contribution in [2.75, 3.05) is 24.1 Å². The Morgan fingerprint density at radius 2 is 1.86 bits per heavy atom. The largest absolute Gasteiger partial charge is 0.375 e. The molecule has 0 amide bonds. The predicted octanol–water partition coefficient (Wildman–Crippen LogP) is 1.25. The third-order valence-corrected chi connectivity index (χ3v) is 5.66. The molecule has 35 heavy (non-hydrogen) atoms. The summed E-state index contributed by atoms with van der Waals surface area (Å²) in [6.45, 7) is 4.21. The van der Waals surface area contributed by atoms with Gasteiger partial charge in [0.15, 0.2) is 11.6 Å². The number of aromatic nitrogens is 4. The van der Waals surface area contributed by atoms with E-state index in [0.29, 0.717) is 18.1 Å². The third-order valence-electron chi connectivity index (χ3n) is 5.06. The standard InChI is InChI=1S/C23H31N7O4S/c1-23(2,24)21(31)13-25-20(16-34-15-17-8-5-4-6-9-17)22-26-28-29-30(22)14-18-10-7-11-19(12-18)27-35(3,32)33/h4-12,20,25,27H,13-16,24H2,1-3H3/t20-/m1/s1. The number of ketones is 1. The zero-order chi connectivity index (χ0) is 25.5. The number of hydrogen-bond acceptors (Lipinski definition) is 9. The number of sulfonamides is 1. The Morgan fingerprint density at radius 3 is 2.54 bits per heavy atom. The van der Waals surface area contributed by atoms with Crippen LogP contribution >= 0.6 is 0 Å². The molecule has 12 heteroatoms. The number of hydrogen-bond donors (Lipinski definition) is 3. The van der Waals surface area contributed by atoms with E-state index in [1.165, 1.54) is 0 Å². The van der Waals surface area contributed by atoms with E-state index in [4.69, 9.17) is 10.5 Å². The molecule has 1 atom stereocenters. The second-order valence-corrected chi connectivity index (χ2v) is 10.6. The minimum absolute atomic E-state index is 0.0173. The maximum atomic E-state index is 12.4. The van der Waals surface area contributed by atoms with E-state index in [1.54, 1.807) is 36.7 Å². The lowest BCUT2D eigenvalue weighted by atomic mass is 10.0. The van der Waals surface area contributed by atoms with Crippen LogP contribution < -0.4 is 15.8 Å². The highest BCUT2D eigenvalue weighted by Gasteiger charge is 2.25. The molecule has 0 saturated carbocycles. The molecule has 4 N–H and O–H groups in total. The molecule has 0 bridgehead atoms. The summed E-state index contributed by atoms with van der Waals surface area (Å²) in [5.41, 5.74) is 7.19. The number of ether oxygens (including phenoxy) is 1. The highest BCUT2D eigenvalue weighted by Crippen LogP contribution is 2.16. The average Bonchev–Trinajstić information content (AvgIpc) is 3.23. The SMILES string of the molecule is CC(C)(N)C(=O)CN[C@H](COCc1ccccc1)c1nnnn1Cc1cccc(NS(C)(=O)=O)c1. The van der Waals surface area contributed by atoms with Crippen LogP contribution in [0.2, 0.25) is 0 Å². The first-order valence-corrected chi connectivity index (χ1v) is 12.9. The second kappa shape index (κ2) is 11.5. The summed E-state index contributed by atoms with van der Waals surface area (Å²) >= 11 is 0. The number of nitrogens with one attached hydrogen (secondary N) is 2. The summed E-state index contributed by atoms with van der Waals surface area (Å²) in [6.07, 6.45) is 1.09. The number of rotatable bonds is 13. The van der Waals surface area contributed by atoms with Gasteiger partial charge in [0.05, 0.1) is 44.1 Å². The lowest BCUT2D eigenvalue weighted by molar-refractivity contribution is -0.122. The van der Waals surface area contributed by atoms with E-state index in [1.807, 2.05) is 36.4 Å². The van der Waals surface area contributed by atoms with Crippen LogP contribution in [0, 0.1) is 0 Å². The number of carbonyl (C=O) groups excluding carboxylic acids is 1. The lowest BCUT2D eigenvalue weighted by Gasteiger charge is -2.21. The van der Waals surface area contributed by atoms with Gasteiger partial charge in [-0.25, -0.2) is 13.1 Å². The van der Waals surface area contributed by atoms with Crippen molar-refractivity contribution >= 4 is 21.5 Å². The molecule has 1 aromatic heterocycles. The van der Waals surface area contributed by atoms with Crippen molar-refractivity contribution in [1.82, 2.24) is 25.5 Å². The van der Waals surface area contributed by atoms with Gasteiger partial charge in [-0.05, 0) is 47.5 Å². The van der Waals surface area contributed by atoms with Crippen LogP contribution in [-0.2, 0) is 32.7 Å². The minimum atomic E-state index is -3.40. The summed E-state index contributed by atoms with van der Waals surface area (Å²) in [7, 11) is -3.40. The number of carbonyl (C=O) groups is 1. The molecule has 11 nitrogen and oxygen atoms in total. The highest BCUT2D eigenvalue weighted by atomic mass is 32.2. The minimum Gasteiger partial charge on any atom is -0.375 e. The van der Waals surface area contributed by atoms with Gasteiger partial charge in [-0.2, -0.15) is 0 Å². The third kappa shape index (κ3) is 8.51. The van der Waals surface area contributed by atoms with Crippen molar-refractivity contribution < 1.29 is 17.9 Å². The molecule has 0 unspecified atom stereocenters. The van der Waals surface area contributed by atoms with Gasteiger partial charge in [0, 0.05) is 5.69 Å². The van der Waals surface area contributed by atoms with Crippen molar-refractivity contribution in [2.24, 2.45) is 5.73 Å². The van der Waals surface area contributed by atoms with E-state index in [-0.39, 0.29) is 25.5 Å². The fourth-order valence-electron chi connectivity index (χ4n) is 3.23. The van der Waals surface area contributed by atoms with E-state index < -0.39 is 21.6 Å². The Bertz CT molecular complexity index is 1220. The van der Waals surface area contributed by atoms with Gasteiger partial charge in [-0.3, -0.25) is 14.8 Å². The number of nitrogens with zero attached hydrogens (tertiary/aromatic N) is 4. The molecule has 3 aromatic rings. The number of Topliss-reactive ketones (excluding diaryl/α,β-unsaturated/α-hetero) is 1. The molecule has 2 aromatic carbocycles. The summed E-state index contributed by atoms with van der Waals surface area (Å²) in [4.78, 5) is 12.4. The van der Waals surface area contributed by atoms with Gasteiger partial charge in [-0.1, -0.05) is 42.5 Å². The Kier molecular flexibility index (Phi) is 8.67. The van der Waals surface area contributed by atoms with Gasteiger partial charge >= 0.3 is 0 Å². The average molecular weight is 502 g/mol. The second-order valence-electron chi connectivity index (χ2n) is 8.85. The van der Waals surface area contributed by atoms with Crippen molar-refractivity contribution in [3.63, 3.8) is 0 Å². The van der Waals surface area contributed by atoms with Crippen LogP contribution in [0.1, 0.15) is 36.8 Å². The van der Waals surface area contributed by atoms with Gasteiger partial charge in [0.25, 0.3) is 0 Å². The molecular formula is C23H31N7O4S. The van der Waals surface area contributed by atoms with Crippen molar-refractivity contribution in [2.45, 2.75) is 38.6 Å². The maximum absolute atomic E-state index is 12.4. The molecule has 3 rings (SSSR count). The molecule has 0 aliphatic heterocycles. The number of tetrazole rings is 1. The Morgan fingerprint density at radius 1 is 1.14 bits per heavy atom. The zero-order valence-corrected chi connectivity index (χ0v) is 20.8. The first-order chi connectivity index (χ1) is 16.5. The molecule has 188 valence electrons.